The molecule has 0 bridgehead atoms. The number of hydrogen-bond donors (Lipinski definition) is 3. The van der Waals surface area contributed by atoms with E-state index in [0.717, 1.165) is 31.1 Å². The number of carbonyl (C=O) groups is 2. The first-order valence-electron chi connectivity index (χ1n) is 11.2. The summed E-state index contributed by atoms with van der Waals surface area (Å²) in [6.07, 6.45) is 7.36. The number of hydrogen-bond acceptors (Lipinski definition) is 6. The van der Waals surface area contributed by atoms with Crippen molar-refractivity contribution in [3.63, 3.8) is 0 Å². The molecule has 8 atom stereocenters. The van der Waals surface area contributed by atoms with Gasteiger partial charge in [-0.15, -0.1) is 0 Å². The third kappa shape index (κ3) is 2.34. The zero-order valence-electron chi connectivity index (χ0n) is 17.1. The van der Waals surface area contributed by atoms with Crippen LogP contribution in [-0.4, -0.2) is 51.5 Å². The van der Waals surface area contributed by atoms with Crippen molar-refractivity contribution in [1.29, 1.82) is 0 Å². The molecule has 0 aromatic heterocycles. The van der Waals surface area contributed by atoms with Crippen LogP contribution in [0.5, 0.6) is 0 Å². The third-order valence-corrected chi connectivity index (χ3v) is 9.85. The van der Waals surface area contributed by atoms with E-state index in [4.69, 9.17) is 4.74 Å². The van der Waals surface area contributed by atoms with Crippen molar-refractivity contribution in [3.05, 3.63) is 11.6 Å². The summed E-state index contributed by atoms with van der Waals surface area (Å²) in [6.45, 7) is 2.46. The van der Waals surface area contributed by atoms with Crippen molar-refractivity contribution in [2.75, 3.05) is 6.61 Å². The molecule has 5 aliphatic rings. The number of carbonyl (C=O) groups excluding carboxylic acids is 2. The number of fused-ring (bicyclic) bond motifs is 5. The zero-order chi connectivity index (χ0) is 20.7. The standard InChI is InChI=1S/C23H32O6/c1-20-6-3-17-18(4-8-22(27)11-15(25)2-7-21(17,22)13-24)23(20,28)9-5-16(20)14-10-19(26)29-12-14/h10,13,15-18,25,27-28H,2-9,11-12H2,1H3/t15-,16+,17?,18?,20+,21-,22-,23-/m0/s1. The highest BCUT2D eigenvalue weighted by molar-refractivity contribution is 5.85. The molecular weight excluding hydrogens is 372 g/mol. The number of aliphatic hydroxyl groups is 3. The molecule has 5 rings (SSSR count). The average molecular weight is 405 g/mol. The first-order valence-corrected chi connectivity index (χ1v) is 11.2. The molecule has 0 radical (unpaired) electrons. The van der Waals surface area contributed by atoms with Crippen molar-refractivity contribution in [2.45, 2.75) is 82.0 Å². The van der Waals surface area contributed by atoms with Crippen LogP contribution < -0.4 is 0 Å². The largest absolute Gasteiger partial charge is 0.458 e. The van der Waals surface area contributed by atoms with Gasteiger partial charge >= 0.3 is 5.97 Å². The fourth-order valence-electron chi connectivity index (χ4n) is 8.34. The molecule has 29 heavy (non-hydrogen) atoms. The summed E-state index contributed by atoms with van der Waals surface area (Å²) in [6, 6.07) is 0. The fourth-order valence-corrected chi connectivity index (χ4v) is 8.34. The van der Waals surface area contributed by atoms with E-state index < -0.39 is 22.7 Å². The molecule has 0 saturated heterocycles. The summed E-state index contributed by atoms with van der Waals surface area (Å²) < 4.78 is 5.15. The molecule has 6 nitrogen and oxygen atoms in total. The Morgan fingerprint density at radius 3 is 2.52 bits per heavy atom. The lowest BCUT2D eigenvalue weighted by atomic mass is 9.41. The van der Waals surface area contributed by atoms with Gasteiger partial charge in [-0.05, 0) is 74.7 Å². The number of aldehydes is 1. The van der Waals surface area contributed by atoms with Crippen LogP contribution >= 0.6 is 0 Å². The molecule has 4 fully saturated rings. The molecule has 160 valence electrons. The van der Waals surface area contributed by atoms with Crippen LogP contribution in [0, 0.1) is 28.6 Å². The van der Waals surface area contributed by atoms with Gasteiger partial charge in [0.25, 0.3) is 0 Å². The first-order chi connectivity index (χ1) is 13.7. The Balaban J connectivity index is 1.52. The Morgan fingerprint density at radius 2 is 1.83 bits per heavy atom. The highest BCUT2D eigenvalue weighted by atomic mass is 16.5. The summed E-state index contributed by atoms with van der Waals surface area (Å²) >= 11 is 0. The molecular formula is C23H32O6. The van der Waals surface area contributed by atoms with Crippen molar-refractivity contribution < 1.29 is 29.6 Å². The van der Waals surface area contributed by atoms with Gasteiger partial charge in [0.2, 0.25) is 0 Å². The Morgan fingerprint density at radius 1 is 1.07 bits per heavy atom. The number of rotatable bonds is 2. The molecule has 1 aliphatic heterocycles. The Kier molecular flexibility index (Phi) is 4.18. The van der Waals surface area contributed by atoms with Crippen molar-refractivity contribution in [3.8, 4) is 0 Å². The number of esters is 1. The minimum absolute atomic E-state index is 0.0504. The summed E-state index contributed by atoms with van der Waals surface area (Å²) in [5.74, 6) is -0.304. The lowest BCUT2D eigenvalue weighted by molar-refractivity contribution is -0.248. The highest BCUT2D eigenvalue weighted by Gasteiger charge is 2.71. The molecule has 0 aromatic carbocycles. The van der Waals surface area contributed by atoms with E-state index in [1.54, 1.807) is 6.08 Å². The lowest BCUT2D eigenvalue weighted by Gasteiger charge is -2.65. The normalized spacial score (nSPS) is 54.1. The fraction of sp³-hybridized carbons (Fsp3) is 0.826. The minimum Gasteiger partial charge on any atom is -0.458 e. The van der Waals surface area contributed by atoms with Crippen LogP contribution in [0.25, 0.3) is 0 Å². The minimum atomic E-state index is -1.18. The van der Waals surface area contributed by atoms with Gasteiger partial charge in [-0.25, -0.2) is 4.79 Å². The second-order valence-corrected chi connectivity index (χ2v) is 10.6. The van der Waals surface area contributed by atoms with Crippen molar-refractivity contribution in [2.24, 2.45) is 28.6 Å². The van der Waals surface area contributed by atoms with Gasteiger partial charge < -0.3 is 24.9 Å². The Bertz CT molecular complexity index is 777. The molecule has 3 N–H and O–H groups in total. The monoisotopic (exact) mass is 404 g/mol. The second kappa shape index (κ2) is 6.14. The van der Waals surface area contributed by atoms with Crippen LogP contribution in [-0.2, 0) is 14.3 Å². The molecule has 0 aromatic rings. The van der Waals surface area contributed by atoms with Crippen LogP contribution in [0.15, 0.2) is 11.6 Å². The van der Waals surface area contributed by atoms with Crippen LogP contribution in [0.1, 0.15) is 64.7 Å². The number of cyclic esters (lactones) is 1. The van der Waals surface area contributed by atoms with E-state index in [1.807, 2.05) is 0 Å². The third-order valence-electron chi connectivity index (χ3n) is 9.85. The maximum absolute atomic E-state index is 12.5. The van der Waals surface area contributed by atoms with Crippen molar-refractivity contribution >= 4 is 12.3 Å². The predicted octanol–water partition coefficient (Wildman–Crippen LogP) is 1.90. The van der Waals surface area contributed by atoms with Crippen LogP contribution in [0.3, 0.4) is 0 Å². The average Bonchev–Trinajstić information content (AvgIpc) is 3.21. The SMILES string of the molecule is C[C@]12CCC3C(CC[C@]4(O)C[C@@H](O)CC[C@]34C=O)[C@@]1(O)CC[C@@H]2C1=CC(=O)OC1. The maximum atomic E-state index is 12.5. The van der Waals surface area contributed by atoms with E-state index in [0.29, 0.717) is 38.7 Å². The summed E-state index contributed by atoms with van der Waals surface area (Å²) in [5, 5.41) is 33.7. The predicted molar refractivity (Wildman–Crippen MR) is 104 cm³/mol. The van der Waals surface area contributed by atoms with E-state index in [2.05, 4.69) is 6.92 Å². The quantitative estimate of drug-likeness (QED) is 0.480. The van der Waals surface area contributed by atoms with Gasteiger partial charge in [0, 0.05) is 17.9 Å². The molecule has 0 spiro atoms. The van der Waals surface area contributed by atoms with Crippen LogP contribution in [0.2, 0.25) is 0 Å². The topological polar surface area (TPSA) is 104 Å². The molecule has 4 saturated carbocycles. The van der Waals surface area contributed by atoms with Gasteiger partial charge in [0.15, 0.2) is 0 Å². The van der Waals surface area contributed by atoms with Gasteiger partial charge in [-0.2, -0.15) is 0 Å². The van der Waals surface area contributed by atoms with Gasteiger partial charge in [-0.1, -0.05) is 6.92 Å². The van der Waals surface area contributed by atoms with E-state index >= 15 is 0 Å². The second-order valence-electron chi connectivity index (χ2n) is 10.6. The number of aliphatic hydroxyl groups excluding tert-OH is 1. The lowest BCUT2D eigenvalue weighted by Crippen LogP contribution is -2.68. The first kappa shape index (κ1) is 19.7. The van der Waals surface area contributed by atoms with E-state index in [1.165, 1.54) is 0 Å². The summed E-state index contributed by atoms with van der Waals surface area (Å²) in [4.78, 5) is 24.1. The van der Waals surface area contributed by atoms with E-state index in [9.17, 15) is 24.9 Å². The summed E-state index contributed by atoms with van der Waals surface area (Å²) in [7, 11) is 0. The van der Waals surface area contributed by atoms with Crippen LogP contribution in [0.4, 0.5) is 0 Å². The smallest absolute Gasteiger partial charge is 0.331 e. The Hall–Kier alpha value is -1.24. The summed E-state index contributed by atoms with van der Waals surface area (Å²) in [5.41, 5.74) is -2.34. The number of ether oxygens (including phenoxy) is 1. The van der Waals surface area contributed by atoms with E-state index in [-0.39, 0.29) is 35.6 Å². The molecule has 1 heterocycles. The van der Waals surface area contributed by atoms with Gasteiger partial charge in [0.1, 0.15) is 12.9 Å². The molecule has 6 heteroatoms. The zero-order valence-corrected chi connectivity index (χ0v) is 17.1. The molecule has 0 amide bonds. The van der Waals surface area contributed by atoms with Gasteiger partial charge in [-0.3, -0.25) is 0 Å². The Labute approximate surface area is 171 Å². The highest BCUT2D eigenvalue weighted by Crippen LogP contribution is 2.70. The maximum Gasteiger partial charge on any atom is 0.331 e. The molecule has 2 unspecified atom stereocenters. The van der Waals surface area contributed by atoms with Crippen molar-refractivity contribution in [1.82, 2.24) is 0 Å². The molecule has 4 aliphatic carbocycles. The van der Waals surface area contributed by atoms with Gasteiger partial charge in [0.05, 0.1) is 22.7 Å².